The highest BCUT2D eigenvalue weighted by atomic mass is 16.5. The smallest absolute Gasteiger partial charge is 0.349 e. The molecule has 0 spiro atoms. The normalized spacial score (nSPS) is 11.3. The molecule has 0 aliphatic carbocycles. The van der Waals surface area contributed by atoms with Crippen LogP contribution in [0.1, 0.15) is 25.0 Å². The molecule has 3 aromatic rings. The summed E-state index contributed by atoms with van der Waals surface area (Å²) in [6.07, 6.45) is 3.09. The van der Waals surface area contributed by atoms with Gasteiger partial charge in [0.1, 0.15) is 11.6 Å². The van der Waals surface area contributed by atoms with Crippen LogP contribution in [-0.2, 0) is 16.1 Å². The van der Waals surface area contributed by atoms with Gasteiger partial charge < -0.3 is 4.74 Å². The molecule has 140 valence electrons. The molecule has 0 radical (unpaired) electrons. The van der Waals surface area contributed by atoms with E-state index in [0.29, 0.717) is 17.8 Å². The van der Waals surface area contributed by atoms with Crippen molar-refractivity contribution in [1.82, 2.24) is 9.78 Å². The van der Waals surface area contributed by atoms with Crippen molar-refractivity contribution < 1.29 is 9.53 Å². The zero-order chi connectivity index (χ0) is 19.9. The number of carbonyl (C=O) groups excluding carboxylic acids is 1. The number of hydrogen-bond donors (Lipinski definition) is 0. The summed E-state index contributed by atoms with van der Waals surface area (Å²) in [5.41, 5.74) is 3.38. The van der Waals surface area contributed by atoms with E-state index >= 15 is 0 Å². The minimum absolute atomic E-state index is 0.0508. The van der Waals surface area contributed by atoms with Crippen molar-refractivity contribution in [2.75, 3.05) is 0 Å². The Morgan fingerprint density at radius 3 is 2.39 bits per heavy atom. The molecule has 0 aliphatic heterocycles. The number of nitriles is 1. The standard InChI is InChI=1S/C23H21N3O2/c1-17(2)28-23(27)20(14-24)13-21-16-26(15-18-9-5-3-6-10-18)25-22(21)19-11-7-4-8-12-19/h3-13,16-17H,15H2,1-2H3. The molecular formula is C23H21N3O2. The van der Waals surface area contributed by atoms with Gasteiger partial charge in [0.2, 0.25) is 0 Å². The molecule has 0 aliphatic rings. The van der Waals surface area contributed by atoms with Gasteiger partial charge in [0.05, 0.1) is 18.3 Å². The van der Waals surface area contributed by atoms with Crippen molar-refractivity contribution in [3.8, 4) is 17.3 Å². The highest BCUT2D eigenvalue weighted by Gasteiger charge is 2.16. The lowest BCUT2D eigenvalue weighted by Gasteiger charge is -2.06. The van der Waals surface area contributed by atoms with Crippen LogP contribution in [0.15, 0.2) is 72.4 Å². The Hall–Kier alpha value is -3.65. The summed E-state index contributed by atoms with van der Waals surface area (Å²) in [6.45, 7) is 4.09. The molecule has 0 amide bonds. The van der Waals surface area contributed by atoms with Gasteiger partial charge in [-0.1, -0.05) is 60.7 Å². The fraction of sp³-hybridized carbons (Fsp3) is 0.174. The van der Waals surface area contributed by atoms with Gasteiger partial charge in [0.15, 0.2) is 0 Å². The number of ether oxygens (including phenoxy) is 1. The molecule has 28 heavy (non-hydrogen) atoms. The summed E-state index contributed by atoms with van der Waals surface area (Å²) in [7, 11) is 0. The summed E-state index contributed by atoms with van der Waals surface area (Å²) in [4.78, 5) is 12.2. The largest absolute Gasteiger partial charge is 0.459 e. The van der Waals surface area contributed by atoms with E-state index in [9.17, 15) is 10.1 Å². The molecule has 0 unspecified atom stereocenters. The maximum atomic E-state index is 12.2. The average Bonchev–Trinajstić information content (AvgIpc) is 3.09. The second-order valence-electron chi connectivity index (χ2n) is 6.61. The first-order chi connectivity index (χ1) is 13.6. The van der Waals surface area contributed by atoms with Crippen molar-refractivity contribution in [3.63, 3.8) is 0 Å². The second kappa shape index (κ2) is 8.83. The Bertz CT molecular complexity index is 1010. The summed E-state index contributed by atoms with van der Waals surface area (Å²) >= 11 is 0. The minimum Gasteiger partial charge on any atom is -0.459 e. The Morgan fingerprint density at radius 1 is 1.14 bits per heavy atom. The summed E-state index contributed by atoms with van der Waals surface area (Å²) in [5.74, 6) is -0.632. The second-order valence-corrected chi connectivity index (χ2v) is 6.61. The minimum atomic E-state index is -0.632. The average molecular weight is 371 g/mol. The van der Waals surface area contributed by atoms with E-state index in [1.807, 2.05) is 77.6 Å². The van der Waals surface area contributed by atoms with Gasteiger partial charge in [-0.15, -0.1) is 0 Å². The molecule has 1 aromatic heterocycles. The number of nitrogens with zero attached hydrogens (tertiary/aromatic N) is 3. The Kier molecular flexibility index (Phi) is 6.03. The van der Waals surface area contributed by atoms with Crippen LogP contribution >= 0.6 is 0 Å². The van der Waals surface area contributed by atoms with E-state index in [0.717, 1.165) is 11.1 Å². The molecule has 0 saturated heterocycles. The molecule has 0 atom stereocenters. The zero-order valence-corrected chi connectivity index (χ0v) is 15.9. The van der Waals surface area contributed by atoms with Crippen LogP contribution < -0.4 is 0 Å². The number of carbonyl (C=O) groups is 1. The Morgan fingerprint density at radius 2 is 1.79 bits per heavy atom. The van der Waals surface area contributed by atoms with Gasteiger partial charge in [-0.3, -0.25) is 4.68 Å². The number of hydrogen-bond acceptors (Lipinski definition) is 4. The topological polar surface area (TPSA) is 67.9 Å². The Balaban J connectivity index is 2.02. The van der Waals surface area contributed by atoms with Gasteiger partial charge in [0.25, 0.3) is 0 Å². The molecule has 3 rings (SSSR count). The fourth-order valence-corrected chi connectivity index (χ4v) is 2.78. The SMILES string of the molecule is CC(C)OC(=O)C(C#N)=Cc1cn(Cc2ccccc2)nc1-c1ccccc1. The predicted octanol–water partition coefficient (Wildman–Crippen LogP) is 4.46. The highest BCUT2D eigenvalue weighted by Crippen LogP contribution is 2.25. The van der Waals surface area contributed by atoms with E-state index in [-0.39, 0.29) is 11.7 Å². The van der Waals surface area contributed by atoms with Crippen LogP contribution in [0.25, 0.3) is 17.3 Å². The third-order valence-electron chi connectivity index (χ3n) is 4.01. The number of aromatic nitrogens is 2. The Labute approximate surface area is 164 Å². The van der Waals surface area contributed by atoms with E-state index < -0.39 is 5.97 Å². The molecular weight excluding hydrogens is 350 g/mol. The molecule has 1 heterocycles. The van der Waals surface area contributed by atoms with Gasteiger partial charge in [-0.2, -0.15) is 10.4 Å². The first kappa shape index (κ1) is 19.1. The van der Waals surface area contributed by atoms with Crippen LogP contribution in [0, 0.1) is 11.3 Å². The molecule has 5 nitrogen and oxygen atoms in total. The number of rotatable bonds is 6. The van der Waals surface area contributed by atoms with Crippen molar-refractivity contribution in [2.45, 2.75) is 26.5 Å². The quantitative estimate of drug-likeness (QED) is 0.364. The monoisotopic (exact) mass is 371 g/mol. The molecule has 0 bridgehead atoms. The van der Waals surface area contributed by atoms with E-state index in [4.69, 9.17) is 9.84 Å². The van der Waals surface area contributed by atoms with Crippen molar-refractivity contribution >= 4 is 12.0 Å². The van der Waals surface area contributed by atoms with Crippen LogP contribution in [0.2, 0.25) is 0 Å². The molecule has 0 saturated carbocycles. The van der Waals surface area contributed by atoms with E-state index in [2.05, 4.69) is 0 Å². The van der Waals surface area contributed by atoms with Gasteiger partial charge in [0, 0.05) is 17.3 Å². The third kappa shape index (κ3) is 4.74. The van der Waals surface area contributed by atoms with Crippen LogP contribution in [-0.4, -0.2) is 21.9 Å². The number of esters is 1. The first-order valence-corrected chi connectivity index (χ1v) is 9.06. The van der Waals surface area contributed by atoms with E-state index in [1.54, 1.807) is 19.9 Å². The highest BCUT2D eigenvalue weighted by molar-refractivity contribution is 5.98. The van der Waals surface area contributed by atoms with Crippen LogP contribution in [0.5, 0.6) is 0 Å². The maximum Gasteiger partial charge on any atom is 0.349 e. The van der Waals surface area contributed by atoms with Gasteiger partial charge in [-0.05, 0) is 25.5 Å². The lowest BCUT2D eigenvalue weighted by molar-refractivity contribution is -0.142. The van der Waals surface area contributed by atoms with Crippen LogP contribution in [0.4, 0.5) is 0 Å². The number of benzene rings is 2. The van der Waals surface area contributed by atoms with Crippen molar-refractivity contribution in [3.05, 3.63) is 83.6 Å². The van der Waals surface area contributed by atoms with Crippen molar-refractivity contribution in [2.24, 2.45) is 0 Å². The summed E-state index contributed by atoms with van der Waals surface area (Å²) in [6, 6.07) is 21.6. The molecule has 0 fully saturated rings. The molecule has 2 aromatic carbocycles. The lowest BCUT2D eigenvalue weighted by atomic mass is 10.1. The van der Waals surface area contributed by atoms with Crippen LogP contribution in [0.3, 0.4) is 0 Å². The lowest BCUT2D eigenvalue weighted by Crippen LogP contribution is -2.12. The summed E-state index contributed by atoms with van der Waals surface area (Å²) < 4.78 is 6.98. The predicted molar refractivity (Wildman–Crippen MR) is 108 cm³/mol. The van der Waals surface area contributed by atoms with Gasteiger partial charge >= 0.3 is 5.97 Å². The molecule has 5 heteroatoms. The first-order valence-electron chi connectivity index (χ1n) is 9.06. The third-order valence-corrected chi connectivity index (χ3v) is 4.01. The maximum absolute atomic E-state index is 12.2. The summed E-state index contributed by atoms with van der Waals surface area (Å²) in [5, 5.41) is 14.1. The molecule has 0 N–H and O–H groups in total. The van der Waals surface area contributed by atoms with Gasteiger partial charge in [-0.25, -0.2) is 4.79 Å². The zero-order valence-electron chi connectivity index (χ0n) is 15.9. The van der Waals surface area contributed by atoms with E-state index in [1.165, 1.54) is 0 Å². The fourth-order valence-electron chi connectivity index (χ4n) is 2.78. The van der Waals surface area contributed by atoms with Crippen molar-refractivity contribution in [1.29, 1.82) is 5.26 Å².